The number of nitrogens with zero attached hydrogens (tertiary/aromatic N) is 3. The molecule has 0 atom stereocenters. The molecule has 0 aromatic heterocycles. The number of carbonyl (C=O) groups excluding carboxylic acids is 3. The fourth-order valence-corrected chi connectivity index (χ4v) is 2.55. The Kier molecular flexibility index (Phi) is 5.93. The molecule has 134 valence electrons. The lowest BCUT2D eigenvalue weighted by atomic mass is 10.2. The largest absolute Gasteiger partial charge is 0.490 e. The van der Waals surface area contributed by atoms with Crippen LogP contribution in [0.1, 0.15) is 19.4 Å². The first-order valence-electron chi connectivity index (χ1n) is 8.05. The van der Waals surface area contributed by atoms with Gasteiger partial charge >= 0.3 is 17.8 Å². The van der Waals surface area contributed by atoms with Gasteiger partial charge < -0.3 is 4.74 Å². The Bertz CT molecular complexity index is 669. The summed E-state index contributed by atoms with van der Waals surface area (Å²) in [6, 6.07) is 6.61. The SMILES string of the molecule is C=CCOc1ccc(CN(C)CN2C(=O)C(=O)N(C(C)C)C2=O)cc1. The van der Waals surface area contributed by atoms with Crippen molar-refractivity contribution in [2.24, 2.45) is 0 Å². The van der Waals surface area contributed by atoms with Crippen LogP contribution in [-0.2, 0) is 16.1 Å². The van der Waals surface area contributed by atoms with Crippen LogP contribution in [0.5, 0.6) is 5.75 Å². The molecule has 0 unspecified atom stereocenters. The van der Waals surface area contributed by atoms with Crippen LogP contribution in [0, 0.1) is 0 Å². The zero-order valence-electron chi connectivity index (χ0n) is 14.8. The molecule has 2 rings (SSSR count). The highest BCUT2D eigenvalue weighted by Crippen LogP contribution is 2.17. The smallest absolute Gasteiger partial charge is 0.335 e. The summed E-state index contributed by atoms with van der Waals surface area (Å²) in [4.78, 5) is 40.0. The highest BCUT2D eigenvalue weighted by Gasteiger charge is 2.45. The van der Waals surface area contributed by atoms with Crippen molar-refractivity contribution in [2.75, 3.05) is 20.3 Å². The molecule has 7 nitrogen and oxygen atoms in total. The maximum atomic E-state index is 12.3. The molecule has 1 aromatic rings. The third-order valence-electron chi connectivity index (χ3n) is 3.73. The van der Waals surface area contributed by atoms with Crippen molar-refractivity contribution in [3.63, 3.8) is 0 Å². The summed E-state index contributed by atoms with van der Waals surface area (Å²) in [5.41, 5.74) is 1.000. The van der Waals surface area contributed by atoms with E-state index in [1.54, 1.807) is 31.9 Å². The molecule has 1 aliphatic heterocycles. The van der Waals surface area contributed by atoms with Gasteiger partial charge in [0.1, 0.15) is 12.4 Å². The first kappa shape index (κ1) is 18.7. The van der Waals surface area contributed by atoms with E-state index in [0.29, 0.717) is 13.2 Å². The van der Waals surface area contributed by atoms with Gasteiger partial charge in [-0.1, -0.05) is 24.8 Å². The van der Waals surface area contributed by atoms with Crippen LogP contribution in [-0.4, -0.2) is 58.9 Å². The van der Waals surface area contributed by atoms with Crippen molar-refractivity contribution in [3.05, 3.63) is 42.5 Å². The Morgan fingerprint density at radius 3 is 2.32 bits per heavy atom. The van der Waals surface area contributed by atoms with Gasteiger partial charge in [0.05, 0.1) is 6.67 Å². The molecule has 0 radical (unpaired) electrons. The molecule has 25 heavy (non-hydrogen) atoms. The number of rotatable bonds is 8. The minimum absolute atomic E-state index is 0.0569. The summed E-state index contributed by atoms with van der Waals surface area (Å²) in [5.74, 6) is -0.801. The van der Waals surface area contributed by atoms with Gasteiger partial charge in [0.15, 0.2) is 0 Å². The Morgan fingerprint density at radius 1 is 1.16 bits per heavy atom. The number of carbonyl (C=O) groups is 3. The summed E-state index contributed by atoms with van der Waals surface area (Å²) >= 11 is 0. The third kappa shape index (κ3) is 4.24. The second-order valence-corrected chi connectivity index (χ2v) is 6.18. The maximum absolute atomic E-state index is 12.3. The highest BCUT2D eigenvalue weighted by atomic mass is 16.5. The van der Waals surface area contributed by atoms with E-state index in [-0.39, 0.29) is 12.7 Å². The number of ether oxygens (including phenoxy) is 1. The molecule has 0 spiro atoms. The van der Waals surface area contributed by atoms with Crippen LogP contribution in [0.25, 0.3) is 0 Å². The summed E-state index contributed by atoms with van der Waals surface area (Å²) in [7, 11) is 1.78. The molecular weight excluding hydrogens is 322 g/mol. The zero-order chi connectivity index (χ0) is 18.6. The number of urea groups is 1. The Labute approximate surface area is 147 Å². The summed E-state index contributed by atoms with van der Waals surface area (Å²) in [6.07, 6.45) is 1.67. The summed E-state index contributed by atoms with van der Waals surface area (Å²) < 4.78 is 5.42. The van der Waals surface area contributed by atoms with Gasteiger partial charge in [-0.15, -0.1) is 0 Å². The van der Waals surface area contributed by atoms with Gasteiger partial charge in [-0.05, 0) is 38.6 Å². The molecule has 1 fully saturated rings. The van der Waals surface area contributed by atoms with Crippen molar-refractivity contribution < 1.29 is 19.1 Å². The Hall–Kier alpha value is -2.67. The predicted molar refractivity (Wildman–Crippen MR) is 92.7 cm³/mol. The van der Waals surface area contributed by atoms with Gasteiger partial charge in [-0.2, -0.15) is 0 Å². The van der Waals surface area contributed by atoms with Gasteiger partial charge in [0.25, 0.3) is 0 Å². The van der Waals surface area contributed by atoms with Crippen LogP contribution in [0.15, 0.2) is 36.9 Å². The number of hydrogen-bond acceptors (Lipinski definition) is 5. The monoisotopic (exact) mass is 345 g/mol. The minimum Gasteiger partial charge on any atom is -0.490 e. The fourth-order valence-electron chi connectivity index (χ4n) is 2.55. The van der Waals surface area contributed by atoms with E-state index in [4.69, 9.17) is 4.74 Å². The van der Waals surface area contributed by atoms with E-state index in [2.05, 4.69) is 6.58 Å². The molecule has 1 saturated heterocycles. The van der Waals surface area contributed by atoms with E-state index in [0.717, 1.165) is 21.1 Å². The number of hydrogen-bond donors (Lipinski definition) is 0. The molecule has 0 aliphatic carbocycles. The van der Waals surface area contributed by atoms with Crippen molar-refractivity contribution in [3.8, 4) is 5.75 Å². The minimum atomic E-state index is -0.779. The quantitative estimate of drug-likeness (QED) is 0.408. The van der Waals surface area contributed by atoms with E-state index in [9.17, 15) is 14.4 Å². The topological polar surface area (TPSA) is 70.2 Å². The van der Waals surface area contributed by atoms with Gasteiger partial charge in [0, 0.05) is 12.6 Å². The zero-order valence-corrected chi connectivity index (χ0v) is 14.8. The number of imide groups is 2. The normalized spacial score (nSPS) is 14.8. The second kappa shape index (κ2) is 7.94. The average Bonchev–Trinajstić information content (AvgIpc) is 2.77. The molecule has 4 amide bonds. The van der Waals surface area contributed by atoms with Crippen molar-refractivity contribution >= 4 is 17.8 Å². The first-order chi connectivity index (χ1) is 11.8. The summed E-state index contributed by atoms with van der Waals surface area (Å²) in [6.45, 7) is 8.02. The Morgan fingerprint density at radius 2 is 1.80 bits per heavy atom. The lowest BCUT2D eigenvalue weighted by molar-refractivity contribution is -0.144. The first-order valence-corrected chi connectivity index (χ1v) is 8.05. The lowest BCUT2D eigenvalue weighted by Gasteiger charge is -2.23. The number of benzene rings is 1. The van der Waals surface area contributed by atoms with E-state index in [1.807, 2.05) is 24.3 Å². The predicted octanol–water partition coefficient (Wildman–Crippen LogP) is 1.84. The second-order valence-electron chi connectivity index (χ2n) is 6.18. The highest BCUT2D eigenvalue weighted by molar-refractivity contribution is 6.44. The fraction of sp³-hybridized carbons (Fsp3) is 0.389. The van der Waals surface area contributed by atoms with Gasteiger partial charge in [-0.3, -0.25) is 19.4 Å². The Balaban J connectivity index is 1.97. The molecule has 0 N–H and O–H groups in total. The standard InChI is InChI=1S/C18H23N3O4/c1-5-10-25-15-8-6-14(7-9-15)11-19(4)12-20-16(22)17(23)21(13(2)3)18(20)24/h5-9,13H,1,10-12H2,2-4H3. The maximum Gasteiger partial charge on any atom is 0.335 e. The summed E-state index contributed by atoms with van der Waals surface area (Å²) in [5, 5.41) is 0. The molecule has 1 heterocycles. The molecular formula is C18H23N3O4. The van der Waals surface area contributed by atoms with Gasteiger partial charge in [-0.25, -0.2) is 9.69 Å². The lowest BCUT2D eigenvalue weighted by Crippen LogP contribution is -2.41. The molecule has 7 heteroatoms. The molecule has 1 aliphatic rings. The van der Waals surface area contributed by atoms with Crippen LogP contribution in [0.4, 0.5) is 4.79 Å². The van der Waals surface area contributed by atoms with Crippen LogP contribution in [0.3, 0.4) is 0 Å². The van der Waals surface area contributed by atoms with E-state index >= 15 is 0 Å². The number of amides is 4. The third-order valence-corrected chi connectivity index (χ3v) is 3.73. The van der Waals surface area contributed by atoms with Crippen LogP contribution in [0.2, 0.25) is 0 Å². The van der Waals surface area contributed by atoms with Gasteiger partial charge in [0.2, 0.25) is 0 Å². The molecule has 0 bridgehead atoms. The molecule has 1 aromatic carbocycles. The van der Waals surface area contributed by atoms with E-state index < -0.39 is 17.8 Å². The molecule has 0 saturated carbocycles. The van der Waals surface area contributed by atoms with Crippen molar-refractivity contribution in [1.82, 2.24) is 14.7 Å². The average molecular weight is 345 g/mol. The van der Waals surface area contributed by atoms with Crippen molar-refractivity contribution in [1.29, 1.82) is 0 Å². The van der Waals surface area contributed by atoms with Crippen LogP contribution >= 0.6 is 0 Å². The van der Waals surface area contributed by atoms with Crippen LogP contribution < -0.4 is 4.74 Å². The van der Waals surface area contributed by atoms with Crippen molar-refractivity contribution in [2.45, 2.75) is 26.4 Å². The van der Waals surface area contributed by atoms with E-state index in [1.165, 1.54) is 0 Å².